The third kappa shape index (κ3) is 2.34. The lowest BCUT2D eigenvalue weighted by Crippen LogP contribution is -2.36. The number of hydrogen-bond acceptors (Lipinski definition) is 3. The quantitative estimate of drug-likeness (QED) is 0.864. The number of rotatable bonds is 4. The van der Waals surface area contributed by atoms with E-state index in [1.807, 2.05) is 12.3 Å². The number of hydrogen-bond donors (Lipinski definition) is 1. The molecule has 0 aromatic carbocycles. The Kier molecular flexibility index (Phi) is 3.10. The largest absolute Gasteiger partial charge is 0.308 e. The summed E-state index contributed by atoms with van der Waals surface area (Å²) < 4.78 is 0. The monoisotopic (exact) mass is 231 g/mol. The molecule has 1 aromatic heterocycles. The van der Waals surface area contributed by atoms with Gasteiger partial charge in [0.05, 0.1) is 5.69 Å². The Morgan fingerprint density at radius 3 is 3.00 bits per heavy atom. The predicted octanol–water partition coefficient (Wildman–Crippen LogP) is 2.39. The zero-order valence-corrected chi connectivity index (χ0v) is 10.5. The Hall–Kier alpha value is -0.960. The first-order valence-corrected chi connectivity index (χ1v) is 6.81. The molecule has 0 amide bonds. The maximum Gasteiger partial charge on any atom is 0.115 e. The van der Waals surface area contributed by atoms with Crippen molar-refractivity contribution in [1.29, 1.82) is 0 Å². The van der Waals surface area contributed by atoms with Crippen LogP contribution in [0.15, 0.2) is 18.6 Å². The fraction of sp³-hybridized carbons (Fsp3) is 0.714. The van der Waals surface area contributed by atoms with Crippen molar-refractivity contribution < 1.29 is 0 Å². The van der Waals surface area contributed by atoms with E-state index in [1.54, 1.807) is 6.33 Å². The van der Waals surface area contributed by atoms with E-state index in [2.05, 4.69) is 22.2 Å². The summed E-state index contributed by atoms with van der Waals surface area (Å²) in [6.07, 6.45) is 9.33. The van der Waals surface area contributed by atoms with Crippen molar-refractivity contribution in [3.63, 3.8) is 0 Å². The summed E-state index contributed by atoms with van der Waals surface area (Å²) >= 11 is 0. The standard InChI is InChI=1S/C14H21N3/c1-10(14-7-11-2-3-12(14)6-11)16-8-13-4-5-15-9-17-13/h4-5,9-12,14,16H,2-3,6-8H2,1H3. The number of aromatic nitrogens is 2. The Morgan fingerprint density at radius 2 is 2.35 bits per heavy atom. The molecule has 1 heterocycles. The average molecular weight is 231 g/mol. The minimum atomic E-state index is 0.625. The van der Waals surface area contributed by atoms with Gasteiger partial charge in [0.25, 0.3) is 0 Å². The maximum atomic E-state index is 4.25. The first kappa shape index (κ1) is 11.1. The highest BCUT2D eigenvalue weighted by molar-refractivity contribution is 4.99. The van der Waals surface area contributed by atoms with E-state index in [0.29, 0.717) is 6.04 Å². The van der Waals surface area contributed by atoms with Gasteiger partial charge >= 0.3 is 0 Å². The van der Waals surface area contributed by atoms with Crippen molar-refractivity contribution in [1.82, 2.24) is 15.3 Å². The Balaban J connectivity index is 1.52. The second-order valence-electron chi connectivity index (χ2n) is 5.71. The van der Waals surface area contributed by atoms with Crippen LogP contribution in [0, 0.1) is 17.8 Å². The van der Waals surface area contributed by atoms with Gasteiger partial charge in [-0.2, -0.15) is 0 Å². The molecular formula is C14H21N3. The summed E-state index contributed by atoms with van der Waals surface area (Å²) in [5, 5.41) is 3.64. The first-order chi connectivity index (χ1) is 8.33. The normalized spacial score (nSPS) is 32.9. The van der Waals surface area contributed by atoms with Gasteiger partial charge in [0, 0.05) is 18.8 Å². The van der Waals surface area contributed by atoms with Crippen molar-refractivity contribution in [2.45, 2.75) is 45.2 Å². The Labute approximate surface area is 103 Å². The minimum Gasteiger partial charge on any atom is -0.308 e. The smallest absolute Gasteiger partial charge is 0.115 e. The van der Waals surface area contributed by atoms with Crippen molar-refractivity contribution in [2.24, 2.45) is 17.8 Å². The van der Waals surface area contributed by atoms with Gasteiger partial charge in [-0.3, -0.25) is 0 Å². The molecular weight excluding hydrogens is 210 g/mol. The lowest BCUT2D eigenvalue weighted by molar-refractivity contribution is 0.259. The highest BCUT2D eigenvalue weighted by atomic mass is 14.9. The predicted molar refractivity (Wildman–Crippen MR) is 67.3 cm³/mol. The van der Waals surface area contributed by atoms with Crippen molar-refractivity contribution in [2.75, 3.05) is 0 Å². The molecule has 4 unspecified atom stereocenters. The van der Waals surface area contributed by atoms with E-state index in [-0.39, 0.29) is 0 Å². The van der Waals surface area contributed by atoms with E-state index in [4.69, 9.17) is 0 Å². The van der Waals surface area contributed by atoms with E-state index in [1.165, 1.54) is 25.7 Å². The zero-order valence-electron chi connectivity index (χ0n) is 10.5. The molecule has 2 saturated carbocycles. The second-order valence-corrected chi connectivity index (χ2v) is 5.71. The molecule has 2 fully saturated rings. The molecule has 3 rings (SSSR count). The van der Waals surface area contributed by atoms with Gasteiger partial charge in [-0.1, -0.05) is 6.42 Å². The molecule has 1 aromatic rings. The molecule has 0 spiro atoms. The van der Waals surface area contributed by atoms with Gasteiger partial charge in [-0.25, -0.2) is 9.97 Å². The summed E-state index contributed by atoms with van der Waals surface area (Å²) in [5.74, 6) is 2.93. The number of nitrogens with zero attached hydrogens (tertiary/aromatic N) is 2. The summed E-state index contributed by atoms with van der Waals surface area (Å²) in [5.41, 5.74) is 1.09. The van der Waals surface area contributed by atoms with Crippen LogP contribution in [0.2, 0.25) is 0 Å². The molecule has 2 aliphatic rings. The van der Waals surface area contributed by atoms with Gasteiger partial charge in [0.15, 0.2) is 0 Å². The third-order valence-corrected chi connectivity index (χ3v) is 4.68. The molecule has 1 N–H and O–H groups in total. The van der Waals surface area contributed by atoms with E-state index < -0.39 is 0 Å². The second kappa shape index (κ2) is 4.73. The van der Waals surface area contributed by atoms with Gasteiger partial charge in [0.1, 0.15) is 6.33 Å². The van der Waals surface area contributed by atoms with Crippen LogP contribution in [0.1, 0.15) is 38.3 Å². The van der Waals surface area contributed by atoms with Crippen molar-refractivity contribution in [3.05, 3.63) is 24.3 Å². The zero-order chi connectivity index (χ0) is 11.7. The highest BCUT2D eigenvalue weighted by Gasteiger charge is 2.41. The van der Waals surface area contributed by atoms with E-state index in [0.717, 1.165) is 30.0 Å². The SMILES string of the molecule is CC(NCc1ccncn1)C1CC2CCC1C2. The van der Waals surface area contributed by atoms with Gasteiger partial charge in [-0.15, -0.1) is 0 Å². The minimum absolute atomic E-state index is 0.625. The molecule has 3 heteroatoms. The van der Waals surface area contributed by atoms with Gasteiger partial charge in [-0.05, 0) is 50.0 Å². The lowest BCUT2D eigenvalue weighted by atomic mass is 9.84. The van der Waals surface area contributed by atoms with Crippen LogP contribution in [-0.2, 0) is 6.54 Å². The van der Waals surface area contributed by atoms with Crippen LogP contribution in [-0.4, -0.2) is 16.0 Å². The first-order valence-electron chi connectivity index (χ1n) is 6.81. The topological polar surface area (TPSA) is 37.8 Å². The molecule has 0 radical (unpaired) electrons. The highest BCUT2D eigenvalue weighted by Crippen LogP contribution is 2.49. The van der Waals surface area contributed by atoms with Crippen LogP contribution in [0.5, 0.6) is 0 Å². The summed E-state index contributed by atoms with van der Waals surface area (Å²) in [7, 11) is 0. The molecule has 2 bridgehead atoms. The molecule has 3 nitrogen and oxygen atoms in total. The van der Waals surface area contributed by atoms with Crippen LogP contribution < -0.4 is 5.32 Å². The number of fused-ring (bicyclic) bond motifs is 2. The third-order valence-electron chi connectivity index (χ3n) is 4.68. The van der Waals surface area contributed by atoms with Crippen molar-refractivity contribution >= 4 is 0 Å². The molecule has 0 saturated heterocycles. The Bertz CT molecular complexity index is 365. The van der Waals surface area contributed by atoms with Gasteiger partial charge < -0.3 is 5.32 Å². The molecule has 0 aliphatic heterocycles. The van der Waals surface area contributed by atoms with Crippen molar-refractivity contribution in [3.8, 4) is 0 Å². The lowest BCUT2D eigenvalue weighted by Gasteiger charge is -2.28. The summed E-state index contributed by atoms with van der Waals surface area (Å²) in [6.45, 7) is 3.21. The fourth-order valence-corrected chi connectivity index (χ4v) is 3.75. The van der Waals surface area contributed by atoms with Crippen LogP contribution in [0.3, 0.4) is 0 Å². The van der Waals surface area contributed by atoms with E-state index >= 15 is 0 Å². The summed E-state index contributed by atoms with van der Waals surface area (Å²) in [6, 6.07) is 2.61. The fourth-order valence-electron chi connectivity index (χ4n) is 3.75. The van der Waals surface area contributed by atoms with Gasteiger partial charge in [0.2, 0.25) is 0 Å². The van der Waals surface area contributed by atoms with Crippen LogP contribution in [0.4, 0.5) is 0 Å². The maximum absolute atomic E-state index is 4.25. The van der Waals surface area contributed by atoms with Crippen LogP contribution >= 0.6 is 0 Å². The average Bonchev–Trinajstić information content (AvgIpc) is 2.99. The van der Waals surface area contributed by atoms with Crippen LogP contribution in [0.25, 0.3) is 0 Å². The summed E-state index contributed by atoms with van der Waals surface area (Å²) in [4.78, 5) is 8.19. The van der Waals surface area contributed by atoms with E-state index in [9.17, 15) is 0 Å². The number of nitrogens with one attached hydrogen (secondary N) is 1. The molecule has 2 aliphatic carbocycles. The Morgan fingerprint density at radius 1 is 1.41 bits per heavy atom. The molecule has 4 atom stereocenters. The molecule has 17 heavy (non-hydrogen) atoms. The molecule has 92 valence electrons.